The van der Waals surface area contributed by atoms with Crippen LogP contribution in [0.3, 0.4) is 0 Å². The van der Waals surface area contributed by atoms with Crippen LogP contribution in [0.2, 0.25) is 5.02 Å². The lowest BCUT2D eigenvalue weighted by molar-refractivity contribution is 0.211. The second-order valence-electron chi connectivity index (χ2n) is 3.69. The van der Waals surface area contributed by atoms with Gasteiger partial charge >= 0.3 is 0 Å². The average molecular weight is 300 g/mol. The highest BCUT2D eigenvalue weighted by molar-refractivity contribution is 7.09. The number of halogens is 1. The summed E-state index contributed by atoms with van der Waals surface area (Å²) in [6.45, 7) is 1.32. The minimum absolute atomic E-state index is 0.620. The molecule has 0 aliphatic rings. The van der Waals surface area contributed by atoms with Crippen LogP contribution in [0.15, 0.2) is 18.2 Å². The molecule has 0 fully saturated rings. The van der Waals surface area contributed by atoms with Crippen LogP contribution < -0.4 is 10.1 Å². The molecule has 1 aromatic heterocycles. The number of aromatic nitrogens is 2. The summed E-state index contributed by atoms with van der Waals surface area (Å²) in [5.41, 5.74) is 0.822. The minimum atomic E-state index is 0.620. The van der Waals surface area contributed by atoms with Crippen molar-refractivity contribution in [2.24, 2.45) is 0 Å². The molecule has 0 saturated heterocycles. The van der Waals surface area contributed by atoms with Crippen molar-refractivity contribution in [3.8, 4) is 17.1 Å². The third kappa shape index (κ3) is 3.56. The summed E-state index contributed by atoms with van der Waals surface area (Å²) in [4.78, 5) is 4.41. The van der Waals surface area contributed by atoms with Gasteiger partial charge in [0, 0.05) is 30.2 Å². The summed E-state index contributed by atoms with van der Waals surface area (Å²) in [5.74, 6) is 1.28. The van der Waals surface area contributed by atoms with E-state index in [1.807, 2.05) is 6.07 Å². The summed E-state index contributed by atoms with van der Waals surface area (Å²) in [6, 6.07) is 5.39. The molecule has 0 radical (unpaired) electrons. The highest BCUT2D eigenvalue weighted by Gasteiger charge is 2.12. The first kappa shape index (κ1) is 14.0. The molecule has 0 atom stereocenters. The summed E-state index contributed by atoms with van der Waals surface area (Å²) < 4.78 is 14.6. The number of anilines is 1. The molecule has 1 aromatic carbocycles. The molecule has 1 N–H and O–H groups in total. The lowest BCUT2D eigenvalue weighted by Gasteiger charge is -2.05. The van der Waals surface area contributed by atoms with E-state index in [1.165, 1.54) is 11.5 Å². The highest BCUT2D eigenvalue weighted by atomic mass is 35.5. The quantitative estimate of drug-likeness (QED) is 0.831. The lowest BCUT2D eigenvalue weighted by atomic mass is 10.2. The van der Waals surface area contributed by atoms with E-state index >= 15 is 0 Å². The molecular formula is C12H14ClN3O2S. The fourth-order valence-corrected chi connectivity index (χ4v) is 2.28. The van der Waals surface area contributed by atoms with E-state index in [-0.39, 0.29) is 0 Å². The first-order valence-electron chi connectivity index (χ1n) is 5.65. The van der Waals surface area contributed by atoms with E-state index in [0.29, 0.717) is 29.7 Å². The van der Waals surface area contributed by atoms with E-state index in [2.05, 4.69) is 14.7 Å². The summed E-state index contributed by atoms with van der Waals surface area (Å²) in [5, 5.41) is 4.51. The van der Waals surface area contributed by atoms with Gasteiger partial charge < -0.3 is 14.8 Å². The molecule has 102 valence electrons. The van der Waals surface area contributed by atoms with Gasteiger partial charge in [0.2, 0.25) is 5.13 Å². The van der Waals surface area contributed by atoms with Crippen molar-refractivity contribution >= 4 is 28.3 Å². The van der Waals surface area contributed by atoms with Gasteiger partial charge in [0.15, 0.2) is 5.82 Å². The Labute approximate surface area is 120 Å². The van der Waals surface area contributed by atoms with Crippen molar-refractivity contribution in [2.45, 2.75) is 0 Å². The van der Waals surface area contributed by atoms with Crippen molar-refractivity contribution in [3.63, 3.8) is 0 Å². The van der Waals surface area contributed by atoms with Crippen molar-refractivity contribution in [1.29, 1.82) is 0 Å². The second-order valence-corrected chi connectivity index (χ2v) is 4.88. The largest absolute Gasteiger partial charge is 0.496 e. The predicted octanol–water partition coefficient (Wildman–Crippen LogP) is 2.93. The zero-order valence-electron chi connectivity index (χ0n) is 10.6. The first-order chi connectivity index (χ1) is 9.24. The van der Waals surface area contributed by atoms with E-state index < -0.39 is 0 Å². The van der Waals surface area contributed by atoms with Gasteiger partial charge in [0.1, 0.15) is 5.75 Å². The van der Waals surface area contributed by atoms with Crippen molar-refractivity contribution in [2.75, 3.05) is 32.7 Å². The molecule has 0 spiro atoms. The Balaban J connectivity index is 2.18. The van der Waals surface area contributed by atoms with Crippen LogP contribution in [0.25, 0.3) is 11.4 Å². The maximum absolute atomic E-state index is 5.93. The zero-order chi connectivity index (χ0) is 13.7. The summed E-state index contributed by atoms with van der Waals surface area (Å²) >= 11 is 7.23. The number of nitrogens with zero attached hydrogens (tertiary/aromatic N) is 2. The molecule has 0 aliphatic carbocycles. The highest BCUT2D eigenvalue weighted by Crippen LogP contribution is 2.32. The van der Waals surface area contributed by atoms with E-state index in [1.54, 1.807) is 26.4 Å². The first-order valence-corrected chi connectivity index (χ1v) is 6.80. The van der Waals surface area contributed by atoms with E-state index in [9.17, 15) is 0 Å². The van der Waals surface area contributed by atoms with Gasteiger partial charge in [-0.05, 0) is 18.2 Å². The Morgan fingerprint density at radius 3 is 2.95 bits per heavy atom. The van der Waals surface area contributed by atoms with Crippen LogP contribution in [0, 0.1) is 0 Å². The Hall–Kier alpha value is -1.37. The Morgan fingerprint density at radius 1 is 1.37 bits per heavy atom. The zero-order valence-corrected chi connectivity index (χ0v) is 12.2. The van der Waals surface area contributed by atoms with Gasteiger partial charge in [0.05, 0.1) is 19.3 Å². The monoisotopic (exact) mass is 299 g/mol. The Kier molecular flexibility index (Phi) is 4.95. The molecule has 0 saturated carbocycles. The second kappa shape index (κ2) is 6.70. The number of hydrogen-bond donors (Lipinski definition) is 1. The SMILES string of the molecule is COCCNc1nc(-c2ccc(Cl)cc2OC)ns1. The molecule has 7 heteroatoms. The smallest absolute Gasteiger partial charge is 0.202 e. The molecule has 1 heterocycles. The van der Waals surface area contributed by atoms with Gasteiger partial charge in [-0.1, -0.05) is 11.6 Å². The minimum Gasteiger partial charge on any atom is -0.496 e. The number of rotatable bonds is 6. The molecule has 0 bridgehead atoms. The van der Waals surface area contributed by atoms with Crippen LogP contribution in [-0.2, 0) is 4.74 Å². The number of nitrogens with one attached hydrogen (secondary N) is 1. The standard InChI is InChI=1S/C12H14ClN3O2S/c1-17-6-5-14-12-15-11(16-19-12)9-4-3-8(13)7-10(9)18-2/h3-4,7H,5-6H2,1-2H3,(H,14,15,16). The van der Waals surface area contributed by atoms with E-state index in [0.717, 1.165) is 10.7 Å². The average Bonchev–Trinajstić information content (AvgIpc) is 2.87. The predicted molar refractivity (Wildman–Crippen MR) is 77.3 cm³/mol. The van der Waals surface area contributed by atoms with Crippen LogP contribution in [-0.4, -0.2) is 36.7 Å². The molecule has 0 amide bonds. The van der Waals surface area contributed by atoms with Gasteiger partial charge in [-0.2, -0.15) is 9.36 Å². The van der Waals surface area contributed by atoms with Gasteiger partial charge in [-0.25, -0.2) is 0 Å². The van der Waals surface area contributed by atoms with Crippen LogP contribution in [0.5, 0.6) is 5.75 Å². The maximum Gasteiger partial charge on any atom is 0.202 e. The molecule has 5 nitrogen and oxygen atoms in total. The number of methoxy groups -OCH3 is 2. The van der Waals surface area contributed by atoms with Crippen LogP contribution in [0.1, 0.15) is 0 Å². The van der Waals surface area contributed by atoms with Gasteiger partial charge in [-0.15, -0.1) is 0 Å². The van der Waals surface area contributed by atoms with Crippen molar-refractivity contribution < 1.29 is 9.47 Å². The third-order valence-corrected chi connectivity index (χ3v) is 3.32. The van der Waals surface area contributed by atoms with Crippen LogP contribution in [0.4, 0.5) is 5.13 Å². The fraction of sp³-hybridized carbons (Fsp3) is 0.333. The van der Waals surface area contributed by atoms with Crippen LogP contribution >= 0.6 is 23.1 Å². The normalized spacial score (nSPS) is 10.5. The van der Waals surface area contributed by atoms with Crippen molar-refractivity contribution in [3.05, 3.63) is 23.2 Å². The molecular weight excluding hydrogens is 286 g/mol. The molecule has 0 unspecified atom stereocenters. The number of hydrogen-bond acceptors (Lipinski definition) is 6. The topological polar surface area (TPSA) is 56.3 Å². The molecule has 2 aromatic rings. The lowest BCUT2D eigenvalue weighted by Crippen LogP contribution is -2.07. The number of ether oxygens (including phenoxy) is 2. The third-order valence-electron chi connectivity index (χ3n) is 2.41. The summed E-state index contributed by atoms with van der Waals surface area (Å²) in [7, 11) is 3.26. The Morgan fingerprint density at radius 2 is 2.21 bits per heavy atom. The molecule has 0 aliphatic heterocycles. The molecule has 2 rings (SSSR count). The van der Waals surface area contributed by atoms with Crippen molar-refractivity contribution in [1.82, 2.24) is 9.36 Å². The van der Waals surface area contributed by atoms with E-state index in [4.69, 9.17) is 21.1 Å². The Bertz CT molecular complexity index is 548. The summed E-state index contributed by atoms with van der Waals surface area (Å²) in [6.07, 6.45) is 0. The maximum atomic E-state index is 5.93. The molecule has 19 heavy (non-hydrogen) atoms. The van der Waals surface area contributed by atoms with Gasteiger partial charge in [-0.3, -0.25) is 0 Å². The van der Waals surface area contributed by atoms with Gasteiger partial charge in [0.25, 0.3) is 0 Å². The number of benzene rings is 1. The fourth-order valence-electron chi connectivity index (χ4n) is 1.51.